The first kappa shape index (κ1) is 12.2. The average Bonchev–Trinajstić information content (AvgIpc) is 2.80. The SMILES string of the molecule is N=C1CCc2ccc(OCc3ccc(Cl)cc3)cc21. The summed E-state index contributed by atoms with van der Waals surface area (Å²) >= 11 is 5.84. The summed E-state index contributed by atoms with van der Waals surface area (Å²) in [6.07, 6.45) is 1.82. The van der Waals surface area contributed by atoms with Gasteiger partial charge in [0.25, 0.3) is 0 Å². The Morgan fingerprint density at radius 3 is 2.63 bits per heavy atom. The van der Waals surface area contributed by atoms with E-state index >= 15 is 0 Å². The fourth-order valence-corrected chi connectivity index (χ4v) is 2.41. The summed E-state index contributed by atoms with van der Waals surface area (Å²) in [4.78, 5) is 0. The van der Waals surface area contributed by atoms with Crippen LogP contribution in [0.25, 0.3) is 0 Å². The Morgan fingerprint density at radius 2 is 1.84 bits per heavy atom. The predicted molar refractivity (Wildman–Crippen MR) is 77.4 cm³/mol. The third-order valence-electron chi connectivity index (χ3n) is 3.37. The van der Waals surface area contributed by atoms with E-state index in [1.807, 2.05) is 36.4 Å². The van der Waals surface area contributed by atoms with Gasteiger partial charge in [0, 0.05) is 16.3 Å². The number of nitrogens with one attached hydrogen (secondary N) is 1. The van der Waals surface area contributed by atoms with Gasteiger partial charge >= 0.3 is 0 Å². The van der Waals surface area contributed by atoms with Crippen LogP contribution in [0.5, 0.6) is 5.75 Å². The summed E-state index contributed by atoms with van der Waals surface area (Å²) in [6.45, 7) is 0.517. The molecule has 1 aliphatic carbocycles. The van der Waals surface area contributed by atoms with E-state index in [2.05, 4.69) is 6.07 Å². The van der Waals surface area contributed by atoms with Crippen molar-refractivity contribution < 1.29 is 4.74 Å². The van der Waals surface area contributed by atoms with Crippen molar-refractivity contribution in [2.24, 2.45) is 0 Å². The maximum atomic E-state index is 7.88. The molecular formula is C16H14ClNO. The molecule has 0 amide bonds. The van der Waals surface area contributed by atoms with Gasteiger partial charge in [-0.2, -0.15) is 0 Å². The van der Waals surface area contributed by atoms with Crippen molar-refractivity contribution in [3.63, 3.8) is 0 Å². The van der Waals surface area contributed by atoms with E-state index in [4.69, 9.17) is 21.7 Å². The maximum absolute atomic E-state index is 7.88. The minimum Gasteiger partial charge on any atom is -0.489 e. The normalized spacial score (nSPS) is 13.4. The highest BCUT2D eigenvalue weighted by Crippen LogP contribution is 2.26. The first-order valence-electron chi connectivity index (χ1n) is 6.30. The largest absolute Gasteiger partial charge is 0.489 e. The fraction of sp³-hybridized carbons (Fsp3) is 0.188. The lowest BCUT2D eigenvalue weighted by Crippen LogP contribution is -1.97. The lowest BCUT2D eigenvalue weighted by molar-refractivity contribution is 0.306. The van der Waals surface area contributed by atoms with Crippen molar-refractivity contribution in [2.45, 2.75) is 19.4 Å². The minimum absolute atomic E-state index is 0.517. The summed E-state index contributed by atoms with van der Waals surface area (Å²) in [5.41, 5.74) is 4.09. The number of halogens is 1. The van der Waals surface area contributed by atoms with Crippen LogP contribution in [0.15, 0.2) is 42.5 Å². The van der Waals surface area contributed by atoms with Crippen molar-refractivity contribution in [3.05, 3.63) is 64.2 Å². The maximum Gasteiger partial charge on any atom is 0.120 e. The number of rotatable bonds is 3. The lowest BCUT2D eigenvalue weighted by atomic mass is 10.1. The third kappa shape index (κ3) is 2.64. The topological polar surface area (TPSA) is 33.1 Å². The molecule has 0 saturated heterocycles. The van der Waals surface area contributed by atoms with Gasteiger partial charge in [0.05, 0.1) is 0 Å². The highest BCUT2D eigenvalue weighted by molar-refractivity contribution is 6.30. The molecule has 0 aliphatic heterocycles. The lowest BCUT2D eigenvalue weighted by Gasteiger charge is -2.08. The highest BCUT2D eigenvalue weighted by Gasteiger charge is 2.16. The zero-order valence-corrected chi connectivity index (χ0v) is 11.2. The van der Waals surface area contributed by atoms with Gasteiger partial charge < -0.3 is 10.1 Å². The van der Waals surface area contributed by atoms with Crippen LogP contribution in [0.4, 0.5) is 0 Å². The van der Waals surface area contributed by atoms with Crippen LogP contribution in [0.2, 0.25) is 5.02 Å². The van der Waals surface area contributed by atoms with Crippen molar-refractivity contribution in [3.8, 4) is 5.75 Å². The molecule has 0 fully saturated rings. The second kappa shape index (κ2) is 5.06. The molecule has 0 radical (unpaired) electrons. The molecule has 2 aromatic rings. The van der Waals surface area contributed by atoms with Gasteiger partial charge in [-0.25, -0.2) is 0 Å². The Morgan fingerprint density at radius 1 is 1.05 bits per heavy atom. The molecule has 2 nitrogen and oxygen atoms in total. The molecule has 3 heteroatoms. The smallest absolute Gasteiger partial charge is 0.120 e. The number of benzene rings is 2. The number of ether oxygens (including phenoxy) is 1. The molecule has 1 aliphatic rings. The van der Waals surface area contributed by atoms with Crippen molar-refractivity contribution in [2.75, 3.05) is 0 Å². The van der Waals surface area contributed by atoms with Crippen LogP contribution in [0.1, 0.15) is 23.1 Å². The Labute approximate surface area is 117 Å². The fourth-order valence-electron chi connectivity index (χ4n) is 2.29. The van der Waals surface area contributed by atoms with E-state index < -0.39 is 0 Å². The monoisotopic (exact) mass is 271 g/mol. The van der Waals surface area contributed by atoms with Crippen LogP contribution in [-0.4, -0.2) is 5.71 Å². The molecular weight excluding hydrogens is 258 g/mol. The molecule has 0 heterocycles. The highest BCUT2D eigenvalue weighted by atomic mass is 35.5. The van der Waals surface area contributed by atoms with Gasteiger partial charge in [0.2, 0.25) is 0 Å². The standard InChI is InChI=1S/C16H14ClNO/c17-13-5-1-11(2-6-13)10-19-14-7-3-12-4-8-16(18)15(12)9-14/h1-3,5-7,9,18H,4,8,10H2. The molecule has 0 spiro atoms. The van der Waals surface area contributed by atoms with Gasteiger partial charge in [0.15, 0.2) is 0 Å². The Kier molecular flexibility index (Phi) is 3.26. The van der Waals surface area contributed by atoms with E-state index in [-0.39, 0.29) is 0 Å². The third-order valence-corrected chi connectivity index (χ3v) is 3.62. The van der Waals surface area contributed by atoms with Gasteiger partial charge in [-0.05, 0) is 48.2 Å². The van der Waals surface area contributed by atoms with Crippen molar-refractivity contribution >= 4 is 17.3 Å². The van der Waals surface area contributed by atoms with Crippen LogP contribution >= 0.6 is 11.6 Å². The average molecular weight is 272 g/mol. The van der Waals surface area contributed by atoms with Crippen LogP contribution in [0.3, 0.4) is 0 Å². The van der Waals surface area contributed by atoms with Crippen molar-refractivity contribution in [1.29, 1.82) is 5.41 Å². The molecule has 19 heavy (non-hydrogen) atoms. The zero-order chi connectivity index (χ0) is 13.2. The summed E-state index contributed by atoms with van der Waals surface area (Å²) in [7, 11) is 0. The number of aryl methyl sites for hydroxylation is 1. The predicted octanol–water partition coefficient (Wildman–Crippen LogP) is 4.23. The van der Waals surface area contributed by atoms with E-state index in [0.29, 0.717) is 12.3 Å². The summed E-state index contributed by atoms with van der Waals surface area (Å²) < 4.78 is 5.77. The molecule has 96 valence electrons. The number of fused-ring (bicyclic) bond motifs is 1. The van der Waals surface area contributed by atoms with Crippen LogP contribution in [-0.2, 0) is 13.0 Å². The zero-order valence-electron chi connectivity index (χ0n) is 10.4. The van der Waals surface area contributed by atoms with Gasteiger partial charge in [-0.15, -0.1) is 0 Å². The summed E-state index contributed by atoms with van der Waals surface area (Å²) in [5.74, 6) is 0.820. The first-order chi connectivity index (χ1) is 9.22. The Balaban J connectivity index is 1.72. The van der Waals surface area contributed by atoms with Crippen LogP contribution < -0.4 is 4.74 Å². The van der Waals surface area contributed by atoms with Gasteiger partial charge in [0.1, 0.15) is 12.4 Å². The molecule has 2 aromatic carbocycles. The molecule has 1 N–H and O–H groups in total. The molecule has 0 unspecified atom stereocenters. The quantitative estimate of drug-likeness (QED) is 0.890. The molecule has 0 bridgehead atoms. The number of hydrogen-bond acceptors (Lipinski definition) is 2. The van der Waals surface area contributed by atoms with E-state index in [0.717, 1.165) is 34.7 Å². The van der Waals surface area contributed by atoms with E-state index in [1.165, 1.54) is 5.56 Å². The van der Waals surface area contributed by atoms with E-state index in [9.17, 15) is 0 Å². The molecule has 0 saturated carbocycles. The second-order valence-electron chi connectivity index (χ2n) is 4.71. The van der Waals surface area contributed by atoms with Gasteiger partial charge in [-0.1, -0.05) is 29.8 Å². The number of hydrogen-bond donors (Lipinski definition) is 1. The first-order valence-corrected chi connectivity index (χ1v) is 6.68. The van der Waals surface area contributed by atoms with Gasteiger partial charge in [-0.3, -0.25) is 0 Å². The molecule has 0 atom stereocenters. The second-order valence-corrected chi connectivity index (χ2v) is 5.15. The Hall–Kier alpha value is -1.80. The summed E-state index contributed by atoms with van der Waals surface area (Å²) in [6, 6.07) is 13.6. The summed E-state index contributed by atoms with van der Waals surface area (Å²) in [5, 5.41) is 8.61. The Bertz CT molecular complexity index is 619. The molecule has 0 aromatic heterocycles. The minimum atomic E-state index is 0.517. The van der Waals surface area contributed by atoms with E-state index in [1.54, 1.807) is 0 Å². The van der Waals surface area contributed by atoms with Crippen LogP contribution in [0, 0.1) is 5.41 Å². The molecule has 3 rings (SSSR count). The van der Waals surface area contributed by atoms with Crippen molar-refractivity contribution in [1.82, 2.24) is 0 Å².